The number of aryl methyl sites for hydroxylation is 11. The first-order valence-corrected chi connectivity index (χ1v) is 38.9. The van der Waals surface area contributed by atoms with Crippen molar-refractivity contribution in [3.05, 3.63) is 290 Å². The predicted molar refractivity (Wildman–Crippen MR) is 458 cm³/mol. The van der Waals surface area contributed by atoms with E-state index in [-0.39, 0.29) is 42.0 Å². The number of halogens is 4. The second-order valence-electron chi connectivity index (χ2n) is 26.7. The lowest BCUT2D eigenvalue weighted by Gasteiger charge is -2.14. The van der Waals surface area contributed by atoms with Crippen LogP contribution in [-0.2, 0) is 57.0 Å². The molecule has 0 bridgehead atoms. The molecule has 5 N–H and O–H groups in total. The largest absolute Gasteiger partial charge is 0.489 e. The number of benzene rings is 10. The smallest absolute Gasteiger partial charge is 0.224 e. The highest BCUT2D eigenvalue weighted by molar-refractivity contribution is 14.1. The summed E-state index contributed by atoms with van der Waals surface area (Å²) < 4.78 is 45.0. The van der Waals surface area contributed by atoms with E-state index in [0.29, 0.717) is 74.8 Å². The number of anilines is 5. The van der Waals surface area contributed by atoms with Crippen molar-refractivity contribution in [1.82, 2.24) is 0 Å². The molecule has 0 saturated heterocycles. The number of amides is 5. The van der Waals surface area contributed by atoms with Gasteiger partial charge in [0.2, 0.25) is 29.5 Å². The molecule has 0 radical (unpaired) electrons. The molecule has 0 unspecified atom stereocenters. The normalized spacial score (nSPS) is 10.4. The van der Waals surface area contributed by atoms with E-state index in [1.165, 1.54) is 34.4 Å². The summed E-state index contributed by atoms with van der Waals surface area (Å²) in [6.45, 7) is 33.3. The molecule has 0 aliphatic heterocycles. The molecule has 110 heavy (non-hydrogen) atoms. The molecule has 10 rings (SSSR count). The Hall–Kier alpha value is -10.0. The van der Waals surface area contributed by atoms with E-state index in [2.05, 4.69) is 116 Å². The van der Waals surface area contributed by atoms with E-state index >= 15 is 0 Å². The van der Waals surface area contributed by atoms with Crippen LogP contribution in [0.2, 0.25) is 5.02 Å². The van der Waals surface area contributed by atoms with Crippen LogP contribution in [0.1, 0.15) is 156 Å². The van der Waals surface area contributed by atoms with Gasteiger partial charge in [0, 0.05) is 101 Å². The van der Waals surface area contributed by atoms with E-state index in [4.69, 9.17) is 35.3 Å². The highest BCUT2D eigenvalue weighted by atomic mass is 127. The first kappa shape index (κ1) is 88.9. The number of ether oxygens (including phenoxy) is 5. The topological polar surface area (TPSA) is 192 Å². The predicted octanol–water partition coefficient (Wildman–Crippen LogP) is 23.6. The van der Waals surface area contributed by atoms with Crippen molar-refractivity contribution in [3.8, 4) is 28.7 Å². The summed E-state index contributed by atoms with van der Waals surface area (Å²) >= 11 is 11.8. The van der Waals surface area contributed by atoms with Crippen molar-refractivity contribution in [2.24, 2.45) is 0 Å². The molecule has 19 heteroatoms. The minimum atomic E-state index is -0.353. The molecule has 15 nitrogen and oxygen atoms in total. The van der Waals surface area contributed by atoms with Crippen molar-refractivity contribution in [1.29, 1.82) is 0 Å². The highest BCUT2D eigenvalue weighted by Gasteiger charge is 2.15. The average molecular weight is 1690 g/mol. The van der Waals surface area contributed by atoms with Crippen LogP contribution in [0.4, 0.5) is 32.8 Å². The molecule has 580 valence electrons. The van der Waals surface area contributed by atoms with Crippen molar-refractivity contribution in [2.75, 3.05) is 26.6 Å². The van der Waals surface area contributed by atoms with Crippen molar-refractivity contribution < 1.29 is 52.0 Å². The van der Waals surface area contributed by atoms with E-state index in [1.807, 2.05) is 204 Å². The number of carbonyl (C=O) groups is 5. The Balaban J connectivity index is 0.000000215. The monoisotopic (exact) mass is 1690 g/mol. The lowest BCUT2D eigenvalue weighted by molar-refractivity contribution is -0.116. The molecular weight excluding hydrogens is 1580 g/mol. The van der Waals surface area contributed by atoms with Crippen molar-refractivity contribution >= 4 is 108 Å². The van der Waals surface area contributed by atoms with Crippen LogP contribution in [0.25, 0.3) is 0 Å². The third kappa shape index (κ3) is 30.1. The summed E-state index contributed by atoms with van der Waals surface area (Å²) in [5.74, 6) is 3.71. The molecule has 0 fully saturated rings. The van der Waals surface area contributed by atoms with Gasteiger partial charge in [-0.2, -0.15) is 0 Å². The summed E-state index contributed by atoms with van der Waals surface area (Å²) in [4.78, 5) is 58.0. The maximum Gasteiger partial charge on any atom is 0.224 e. The fraction of sp³-hybridized carbons (Fsp3) is 0.286. The van der Waals surface area contributed by atoms with Gasteiger partial charge in [0.1, 0.15) is 67.6 Å². The Kier molecular flexibility index (Phi) is 36.5. The fourth-order valence-corrected chi connectivity index (χ4v) is 12.1. The summed E-state index contributed by atoms with van der Waals surface area (Å²) in [5, 5.41) is 15.0. The molecule has 0 aromatic heterocycles. The summed E-state index contributed by atoms with van der Waals surface area (Å²) in [7, 11) is 0. The Bertz CT molecular complexity index is 4110. The van der Waals surface area contributed by atoms with Gasteiger partial charge in [-0.05, 0) is 236 Å². The molecular formula is C91H103BrClFIN5O10. The van der Waals surface area contributed by atoms with E-state index in [0.717, 1.165) is 121 Å². The van der Waals surface area contributed by atoms with Gasteiger partial charge in [-0.1, -0.05) is 168 Å². The van der Waals surface area contributed by atoms with Gasteiger partial charge in [-0.15, -0.1) is 0 Å². The number of rotatable bonds is 25. The Morgan fingerprint density at radius 1 is 0.318 bits per heavy atom. The second-order valence-corrected chi connectivity index (χ2v) is 29.3. The zero-order valence-electron chi connectivity index (χ0n) is 66.0. The van der Waals surface area contributed by atoms with Gasteiger partial charge < -0.3 is 50.3 Å². The molecule has 0 spiro atoms. The molecule has 10 aromatic rings. The van der Waals surface area contributed by atoms with E-state index in [1.54, 1.807) is 25.1 Å². The number of hydrogen-bond acceptors (Lipinski definition) is 10. The highest BCUT2D eigenvalue weighted by Crippen LogP contribution is 2.31. The lowest BCUT2D eigenvalue weighted by Crippen LogP contribution is -2.12. The van der Waals surface area contributed by atoms with Gasteiger partial charge in [0.15, 0.2) is 0 Å². The van der Waals surface area contributed by atoms with Crippen LogP contribution in [0, 0.1) is 85.5 Å². The molecule has 0 aliphatic carbocycles. The SMILES string of the molecule is CCC(=O)Nc1ccc(Br)cc1COc1ccc(C)cc1C.CCC(=O)Nc1ccc(C)cc1COc1ccc(C)cc1C.CCC(=O)Nc1ccc(Cl)cc1COc1ccc(C)cc1C.CCC(=O)Nc1ccc(F)cc1COc1ccc(C)cc1C.CCC(=O)Nc1ccc(I)cc1COc1ccc(C)cc1C. The summed E-state index contributed by atoms with van der Waals surface area (Å²) in [6, 6.07) is 57.6. The molecule has 0 saturated carbocycles. The van der Waals surface area contributed by atoms with E-state index < -0.39 is 0 Å². The zero-order valence-corrected chi connectivity index (χ0v) is 70.5. The summed E-state index contributed by atoms with van der Waals surface area (Å²) in [6.07, 6.45) is 2.18. The first-order valence-electron chi connectivity index (χ1n) is 36.7. The maximum atomic E-state index is 13.5. The van der Waals surface area contributed by atoms with Crippen molar-refractivity contribution in [3.63, 3.8) is 0 Å². The van der Waals surface area contributed by atoms with Crippen molar-refractivity contribution in [2.45, 2.75) is 176 Å². The first-order chi connectivity index (χ1) is 52.5. The van der Waals surface area contributed by atoms with Gasteiger partial charge in [-0.25, -0.2) is 4.39 Å². The average Bonchev–Trinajstić information content (AvgIpc) is 0.863. The van der Waals surface area contributed by atoms with Gasteiger partial charge >= 0.3 is 0 Å². The number of nitrogens with one attached hydrogen (secondary N) is 5. The van der Waals surface area contributed by atoms with Crippen LogP contribution in [0.3, 0.4) is 0 Å². The zero-order chi connectivity index (χ0) is 80.6. The fourth-order valence-electron chi connectivity index (χ4n) is 11.0. The van der Waals surface area contributed by atoms with Crippen LogP contribution in [0.15, 0.2) is 186 Å². The van der Waals surface area contributed by atoms with Crippen LogP contribution in [0.5, 0.6) is 28.7 Å². The van der Waals surface area contributed by atoms with E-state index in [9.17, 15) is 28.4 Å². The van der Waals surface area contributed by atoms with Gasteiger partial charge in [0.05, 0.1) is 0 Å². The summed E-state index contributed by atoms with van der Waals surface area (Å²) in [5.41, 5.74) is 20.7. The quantitative estimate of drug-likeness (QED) is 0.0344. The number of carbonyl (C=O) groups excluding carboxylic acids is 5. The third-order valence-corrected chi connectivity index (χ3v) is 18.5. The standard InChI is InChI=1S/C19H23NO2.C18H20BrNO2.C18H20ClNO2.C18H20FNO2.C18H20INO2/c1-5-19(21)20-17-8-6-14(3)11-16(17)12-22-18-9-7-13(2)10-15(18)4;4*1-4-18(21)20-16-7-6-15(19)10-14(16)11-22-17-8-5-12(2)9-13(17)3/h6-11H,5,12H2,1-4H3,(H,20,21);4*5-10H,4,11H2,1-3H3,(H,20,21). The molecule has 0 heterocycles. The number of hydrogen-bond donors (Lipinski definition) is 5. The van der Waals surface area contributed by atoms with Gasteiger partial charge in [-0.3, -0.25) is 24.0 Å². The minimum absolute atomic E-state index is 0.00455. The van der Waals surface area contributed by atoms with Gasteiger partial charge in [0.25, 0.3) is 0 Å². The Morgan fingerprint density at radius 3 is 0.882 bits per heavy atom. The minimum Gasteiger partial charge on any atom is -0.489 e. The second kappa shape index (κ2) is 45.2. The Labute approximate surface area is 676 Å². The van der Waals surface area contributed by atoms with Crippen LogP contribution >= 0.6 is 50.1 Å². The maximum absolute atomic E-state index is 13.5. The molecule has 10 aromatic carbocycles. The molecule has 0 atom stereocenters. The van der Waals surface area contributed by atoms with Crippen LogP contribution in [-0.4, -0.2) is 29.5 Å². The van der Waals surface area contributed by atoms with Crippen LogP contribution < -0.4 is 50.3 Å². The third-order valence-electron chi connectivity index (χ3n) is 17.1. The molecule has 0 aliphatic rings. The lowest BCUT2D eigenvalue weighted by atomic mass is 10.1. The Morgan fingerprint density at radius 2 is 0.564 bits per heavy atom. The molecule has 5 amide bonds.